The molecule has 3 aliphatic heterocycles. The molecular weight excluding hydrogens is 1650 g/mol. The van der Waals surface area contributed by atoms with Gasteiger partial charge in [-0.1, -0.05) is 102 Å². The zero-order valence-corrected chi connectivity index (χ0v) is 72.9. The van der Waals surface area contributed by atoms with Gasteiger partial charge in [0.1, 0.15) is 78.3 Å². The molecule has 13 atom stereocenters. The first-order valence-electron chi connectivity index (χ1n) is 42.2. The van der Waals surface area contributed by atoms with Crippen LogP contribution in [-0.4, -0.2) is 295 Å². The van der Waals surface area contributed by atoms with Gasteiger partial charge < -0.3 is 115 Å². The summed E-state index contributed by atoms with van der Waals surface area (Å²) in [5, 5.41) is 48.6. The number of carbonyl (C=O) groups is 18. The second-order valence-corrected chi connectivity index (χ2v) is 33.5. The van der Waals surface area contributed by atoms with Gasteiger partial charge in [0, 0.05) is 106 Å². The smallest absolute Gasteiger partial charge is 0.246 e. The Kier molecular flexibility index (Phi) is 36.7. The van der Waals surface area contributed by atoms with Crippen molar-refractivity contribution >= 4 is 140 Å². The fourth-order valence-corrected chi connectivity index (χ4v) is 16.4. The second kappa shape index (κ2) is 46.9. The molecule has 0 bridgehead atoms. The number of likely N-dealkylation sites (N-methyl/N-ethyl adjacent to an activating group) is 3. The lowest BCUT2D eigenvalue weighted by Gasteiger charge is -2.36. The molecule has 40 nitrogen and oxygen atoms in total. The third kappa shape index (κ3) is 27.7. The fourth-order valence-electron chi connectivity index (χ4n) is 15.5. The number of phenols is 1. The molecule has 5 aromatic rings. The Hall–Kier alpha value is -12.7. The number of amides is 18. The first kappa shape index (κ1) is 98.7. The number of primary amides is 3. The molecule has 0 spiro atoms. The Balaban J connectivity index is 1.15. The number of nitrogens with one attached hydrogen (secondary N) is 12. The van der Waals surface area contributed by atoms with Crippen molar-refractivity contribution in [1.29, 1.82) is 0 Å². The van der Waals surface area contributed by atoms with Crippen molar-refractivity contribution in [1.82, 2.24) is 87.6 Å². The number of aromatic amines is 2. The summed E-state index contributed by atoms with van der Waals surface area (Å²) in [5.41, 5.74) is 19.4. The van der Waals surface area contributed by atoms with Gasteiger partial charge in [0.15, 0.2) is 0 Å². The topological polar surface area (TPSA) is 594 Å². The third-order valence-corrected chi connectivity index (χ3v) is 23.5. The summed E-state index contributed by atoms with van der Waals surface area (Å²) in [6.45, 7) is 5.54. The van der Waals surface area contributed by atoms with E-state index in [-0.39, 0.29) is 75.3 Å². The van der Waals surface area contributed by atoms with Crippen molar-refractivity contribution in [2.24, 2.45) is 23.1 Å². The summed E-state index contributed by atoms with van der Waals surface area (Å²) in [6, 6.07) is 1.91. The maximum Gasteiger partial charge on any atom is 0.246 e. The van der Waals surface area contributed by atoms with Crippen molar-refractivity contribution in [2.75, 3.05) is 65.4 Å². The summed E-state index contributed by atoms with van der Waals surface area (Å²) in [5.74, 6) is -17.8. The number of thioether (sulfide) groups is 1. The minimum Gasteiger partial charge on any atom is -0.508 e. The summed E-state index contributed by atoms with van der Waals surface area (Å²) in [4.78, 5) is 269. The van der Waals surface area contributed by atoms with Gasteiger partial charge in [-0.25, -0.2) is 0 Å². The highest BCUT2D eigenvalue weighted by molar-refractivity contribution is 8.00. The molecule has 3 aromatic carbocycles. The largest absolute Gasteiger partial charge is 0.508 e. The van der Waals surface area contributed by atoms with Crippen LogP contribution in [0, 0.1) is 5.92 Å². The second-order valence-electron chi connectivity index (χ2n) is 32.5. The Bertz CT molecular complexity index is 4790. The highest BCUT2D eigenvalue weighted by Crippen LogP contribution is 2.27. The van der Waals surface area contributed by atoms with E-state index in [1.807, 2.05) is 13.8 Å². The lowest BCUT2D eigenvalue weighted by molar-refractivity contribution is -0.149. The van der Waals surface area contributed by atoms with Gasteiger partial charge in [-0.3, -0.25) is 86.3 Å². The molecule has 3 saturated heterocycles. The zero-order valence-electron chi connectivity index (χ0n) is 72.0. The molecule has 0 aliphatic carbocycles. The van der Waals surface area contributed by atoms with Crippen LogP contribution in [0.2, 0.25) is 0 Å². The lowest BCUT2D eigenvalue weighted by Crippen LogP contribution is -2.60. The van der Waals surface area contributed by atoms with Gasteiger partial charge in [0.25, 0.3) is 0 Å². The highest BCUT2D eigenvalue weighted by Gasteiger charge is 2.46. The number of aliphatic hydroxyl groups is 1. The standard InChI is InChI=1S/C85H118N20O20S/c1-9-11-22-64-79(119)97-58(32-46(3)4)77(117)100-63(76(116)91-40-70(88)110)44-126-45-73(113)96-60(33-48-25-27-51(106)28-26-48)81(121)101(6)47(5)74(114)99-62(37-69(87)109)84(124)104-31-17-24-65(104)78(118)93-42-71(111)94-57(29-30-68(86)108)83(123)105-43-52(107)36-67(105)80(120)98-59(34-49-38-89-55-20-15-13-18-53(49)55)75(115)92-41-72(112)95-61(35-50-39-90-56-21-16-14-19-54(50)56)82(122)103(8)66(23-12-10-2)85(125)102(64)7/h13-16,18-21,25-28,38-39,46-47,52,57-67,89-90,106-107H,9-12,17,22-24,29-37,40-45H2,1-8H3,(H2,86,108)(H2,87,109)(H2,88,110)(H,91,116)(H,92,115)(H,93,118)(H,94,111)(H,95,112)(H,96,113)(H,97,119)(H,98,120)(H,99,114)(H,100,117)/t47-,52+,57-,58-,59-,60-,61-,62+,63-,64-,65-,66-,67-/m0/s1. The molecule has 3 aliphatic rings. The van der Waals surface area contributed by atoms with E-state index in [1.54, 1.807) is 74.8 Å². The number of benzene rings is 3. The van der Waals surface area contributed by atoms with E-state index in [4.69, 9.17) is 17.2 Å². The van der Waals surface area contributed by atoms with Crippen molar-refractivity contribution < 1.29 is 96.5 Å². The Morgan fingerprint density at radius 2 is 1.07 bits per heavy atom. The number of unbranched alkanes of at least 4 members (excludes halogenated alkanes) is 2. The van der Waals surface area contributed by atoms with Crippen LogP contribution in [0.25, 0.3) is 21.8 Å². The van der Waals surface area contributed by atoms with Crippen LogP contribution in [-0.2, 0) is 106 Å². The van der Waals surface area contributed by atoms with Crippen LogP contribution in [0.15, 0.2) is 85.2 Å². The van der Waals surface area contributed by atoms with Crippen molar-refractivity contribution in [3.63, 3.8) is 0 Å². The number of nitrogens with two attached hydrogens (primary N) is 3. The minimum absolute atomic E-state index is 0.00387. The fraction of sp³-hybridized carbons (Fsp3) is 0.529. The average Bonchev–Trinajstić information content (AvgIpc) is 1.53. The molecule has 0 saturated carbocycles. The minimum atomic E-state index is -1.76. The summed E-state index contributed by atoms with van der Waals surface area (Å²) >= 11 is 0.797. The number of hydrogen-bond donors (Lipinski definition) is 17. The van der Waals surface area contributed by atoms with E-state index in [2.05, 4.69) is 63.1 Å². The Morgan fingerprint density at radius 1 is 0.532 bits per heavy atom. The van der Waals surface area contributed by atoms with Crippen LogP contribution in [0.4, 0.5) is 0 Å². The molecule has 20 N–H and O–H groups in total. The number of aromatic hydroxyl groups is 1. The van der Waals surface area contributed by atoms with Gasteiger partial charge in [-0.15, -0.1) is 11.8 Å². The molecule has 0 radical (unpaired) electrons. The summed E-state index contributed by atoms with van der Waals surface area (Å²) in [6.07, 6.45) is 1.10. The van der Waals surface area contributed by atoms with E-state index in [1.165, 1.54) is 62.1 Å². The quantitative estimate of drug-likeness (QED) is 0.0337. The number of aromatic nitrogens is 2. The number of phenolic OH excluding ortho intramolecular Hbond substituents is 1. The number of H-pyrrole nitrogens is 2. The van der Waals surface area contributed by atoms with Gasteiger partial charge in [0.05, 0.1) is 37.9 Å². The lowest BCUT2D eigenvalue weighted by atomic mass is 9.99. The number of rotatable bonds is 22. The molecule has 126 heavy (non-hydrogen) atoms. The van der Waals surface area contributed by atoms with E-state index >= 15 is 14.4 Å². The van der Waals surface area contributed by atoms with E-state index in [9.17, 15) is 82.1 Å². The molecule has 18 amide bonds. The predicted octanol–water partition coefficient (Wildman–Crippen LogP) is -2.62. The molecule has 8 rings (SSSR count). The van der Waals surface area contributed by atoms with Gasteiger partial charge in [0.2, 0.25) is 106 Å². The summed E-state index contributed by atoms with van der Waals surface area (Å²) in [7, 11) is 3.99. The van der Waals surface area contributed by atoms with E-state index in [0.29, 0.717) is 64.2 Å². The zero-order chi connectivity index (χ0) is 92.3. The van der Waals surface area contributed by atoms with E-state index in [0.717, 1.165) is 26.5 Å². The molecular formula is C85H118N20O20S. The van der Waals surface area contributed by atoms with Crippen LogP contribution in [0.3, 0.4) is 0 Å². The van der Waals surface area contributed by atoms with E-state index < -0.39 is 243 Å². The molecule has 5 heterocycles. The number of para-hydroxylation sites is 2. The molecule has 41 heteroatoms. The number of aliphatic hydroxyl groups excluding tert-OH is 1. The van der Waals surface area contributed by atoms with Gasteiger partial charge >= 0.3 is 0 Å². The number of fused-ring (bicyclic) bond motifs is 4. The van der Waals surface area contributed by atoms with Crippen LogP contribution >= 0.6 is 11.8 Å². The van der Waals surface area contributed by atoms with Crippen molar-refractivity contribution in [3.05, 3.63) is 102 Å². The Morgan fingerprint density at radius 3 is 1.67 bits per heavy atom. The first-order chi connectivity index (χ1) is 59.9. The van der Waals surface area contributed by atoms with Gasteiger partial charge in [-0.05, 0) is 92.3 Å². The van der Waals surface area contributed by atoms with Crippen molar-refractivity contribution in [3.8, 4) is 5.75 Å². The average molecular weight is 1770 g/mol. The monoisotopic (exact) mass is 1770 g/mol. The SMILES string of the molecule is CCCC[C@H]1C(=O)N(C)[C@@H](CCCC)C(=O)N[C@@H](CC(C)C)C(=O)N[C@H](C(=O)NCC(N)=O)CSCC(=O)N[C@@H](Cc2ccc(O)cc2)C(=O)N(C)[C@@H](C)C(=O)N[C@H](CC(N)=O)C(=O)N2CCC[C@H]2C(=O)NCC(=O)N[C@@H](CCC(N)=O)C(=O)N2C[C@H](O)C[C@H]2C(=O)N[C@@H](Cc2c[nH]c3ccccc23)C(=O)NCC(=O)N[C@@H](Cc2c[nH]c3ccccc23)C(=O)N1C. The number of carbonyl (C=O) groups excluding carboxylic acids is 18. The normalized spacial score (nSPS) is 24.5. The number of hydrogen-bond acceptors (Lipinski definition) is 21. The molecule has 3 fully saturated rings. The third-order valence-electron chi connectivity index (χ3n) is 22.5. The molecule has 684 valence electrons. The number of nitrogens with zero attached hydrogens (tertiary/aromatic N) is 5. The van der Waals surface area contributed by atoms with Crippen molar-refractivity contribution in [2.45, 2.75) is 216 Å². The molecule has 0 unspecified atom stereocenters. The van der Waals surface area contributed by atoms with Crippen LogP contribution in [0.5, 0.6) is 5.75 Å². The van der Waals surface area contributed by atoms with Crippen LogP contribution in [0.1, 0.15) is 135 Å². The van der Waals surface area contributed by atoms with Crippen LogP contribution < -0.4 is 70.4 Å². The first-order valence-corrected chi connectivity index (χ1v) is 43.4. The highest BCUT2D eigenvalue weighted by atomic mass is 32.2. The maximum atomic E-state index is 15.5. The maximum absolute atomic E-state index is 15.5. The molecule has 2 aromatic heterocycles. The Labute approximate surface area is 732 Å². The summed E-state index contributed by atoms with van der Waals surface area (Å²) < 4.78 is 0. The van der Waals surface area contributed by atoms with Gasteiger partial charge in [-0.2, -0.15) is 0 Å². The predicted molar refractivity (Wildman–Crippen MR) is 462 cm³/mol.